The van der Waals surface area contributed by atoms with Crippen LogP contribution in [-0.2, 0) is 13.5 Å². The van der Waals surface area contributed by atoms with Crippen LogP contribution >= 0.6 is 11.6 Å². The molecule has 0 aliphatic carbocycles. The lowest BCUT2D eigenvalue weighted by Gasteiger charge is -1.98. The molecule has 1 rings (SSSR count). The van der Waals surface area contributed by atoms with E-state index in [4.69, 9.17) is 16.7 Å². The summed E-state index contributed by atoms with van der Waals surface area (Å²) in [5.74, 6) is -0.368. The molecule has 1 aromatic rings. The number of carboxylic acids is 1. The Balaban J connectivity index is 3.12. The van der Waals surface area contributed by atoms with Gasteiger partial charge in [-0.1, -0.05) is 18.5 Å². The van der Waals surface area contributed by atoms with Crippen LogP contribution in [0.4, 0.5) is 0 Å². The maximum absolute atomic E-state index is 10.6. The van der Waals surface area contributed by atoms with Crippen molar-refractivity contribution in [2.75, 3.05) is 0 Å². The smallest absolute Gasteiger partial charge is 0.357 e. The van der Waals surface area contributed by atoms with Gasteiger partial charge in [0.2, 0.25) is 0 Å². The van der Waals surface area contributed by atoms with Crippen molar-refractivity contribution in [1.29, 1.82) is 0 Å². The fourth-order valence-corrected chi connectivity index (χ4v) is 1.33. The highest BCUT2D eigenvalue weighted by atomic mass is 35.5. The van der Waals surface area contributed by atoms with Gasteiger partial charge in [-0.05, 0) is 6.42 Å². The molecule has 0 amide bonds. The zero-order valence-electron chi connectivity index (χ0n) is 7.54. The lowest BCUT2D eigenvalue weighted by molar-refractivity contribution is 0.0691. The van der Waals surface area contributed by atoms with Crippen LogP contribution in [0.25, 0.3) is 0 Å². The topological polar surface area (TPSA) is 55.1 Å². The number of carbonyl (C=O) groups is 1. The Morgan fingerprint density at radius 1 is 1.69 bits per heavy atom. The Bertz CT molecular complexity index is 333. The molecule has 0 fully saturated rings. The number of rotatable bonds is 3. The number of hydrogen-bond acceptors (Lipinski definition) is 2. The fraction of sp³-hybridized carbons (Fsp3) is 0.500. The van der Waals surface area contributed by atoms with Crippen LogP contribution in [0.5, 0.6) is 0 Å². The fourth-order valence-electron chi connectivity index (χ4n) is 1.11. The number of aryl methyl sites for hydroxylation is 1. The summed E-state index contributed by atoms with van der Waals surface area (Å²) < 4.78 is 1.61. The molecule has 0 unspecified atom stereocenters. The molecule has 0 saturated heterocycles. The van der Waals surface area contributed by atoms with Crippen LogP contribution in [0.2, 0.25) is 5.15 Å². The minimum atomic E-state index is -1.08. The van der Waals surface area contributed by atoms with E-state index in [1.165, 1.54) is 0 Å². The highest BCUT2D eigenvalue weighted by Crippen LogP contribution is 2.17. The van der Waals surface area contributed by atoms with Gasteiger partial charge in [0.25, 0.3) is 0 Å². The monoisotopic (exact) mass is 202 g/mol. The van der Waals surface area contributed by atoms with Gasteiger partial charge in [-0.15, -0.1) is 0 Å². The lowest BCUT2D eigenvalue weighted by Crippen LogP contribution is -1.97. The number of halogens is 1. The largest absolute Gasteiger partial charge is 0.476 e. The second kappa shape index (κ2) is 3.79. The molecular formula is C8H11ClN2O2. The quantitative estimate of drug-likeness (QED) is 0.812. The number of aromatic nitrogens is 2. The van der Waals surface area contributed by atoms with E-state index >= 15 is 0 Å². The van der Waals surface area contributed by atoms with Gasteiger partial charge >= 0.3 is 5.97 Å². The molecule has 5 heteroatoms. The molecule has 0 bridgehead atoms. The number of carboxylic acid groups (broad SMARTS) is 1. The molecule has 4 nitrogen and oxygen atoms in total. The van der Waals surface area contributed by atoms with Crippen molar-refractivity contribution in [1.82, 2.24) is 9.55 Å². The van der Waals surface area contributed by atoms with Gasteiger partial charge in [-0.3, -0.25) is 0 Å². The van der Waals surface area contributed by atoms with Crippen molar-refractivity contribution in [3.8, 4) is 0 Å². The normalized spacial score (nSPS) is 10.4. The zero-order valence-corrected chi connectivity index (χ0v) is 8.30. The van der Waals surface area contributed by atoms with Crippen LogP contribution in [0.1, 0.15) is 29.7 Å². The number of nitrogens with zero attached hydrogens (tertiary/aromatic N) is 2. The van der Waals surface area contributed by atoms with Crippen LogP contribution in [0, 0.1) is 0 Å². The first-order valence-corrected chi connectivity index (χ1v) is 4.40. The van der Waals surface area contributed by atoms with E-state index in [0.717, 1.165) is 12.8 Å². The van der Waals surface area contributed by atoms with E-state index in [0.29, 0.717) is 5.82 Å². The second-order valence-corrected chi connectivity index (χ2v) is 3.14. The standard InChI is InChI=1S/C8H11ClN2O2/c1-3-4-5-10-6(8(12)13)7(9)11(5)2/h3-4H2,1-2H3,(H,12,13). The summed E-state index contributed by atoms with van der Waals surface area (Å²) >= 11 is 5.76. The molecule has 1 N–H and O–H groups in total. The van der Waals surface area contributed by atoms with Crippen molar-refractivity contribution in [2.45, 2.75) is 19.8 Å². The van der Waals surface area contributed by atoms with Crippen LogP contribution < -0.4 is 0 Å². The van der Waals surface area contributed by atoms with Crippen molar-refractivity contribution in [3.63, 3.8) is 0 Å². The first kappa shape index (κ1) is 10.1. The van der Waals surface area contributed by atoms with Gasteiger partial charge in [0.15, 0.2) is 5.69 Å². The Morgan fingerprint density at radius 2 is 2.31 bits per heavy atom. The van der Waals surface area contributed by atoms with Gasteiger partial charge < -0.3 is 9.67 Å². The Kier molecular flexibility index (Phi) is 2.93. The third kappa shape index (κ3) is 1.83. The lowest BCUT2D eigenvalue weighted by atomic mass is 10.3. The zero-order chi connectivity index (χ0) is 10.0. The van der Waals surface area contributed by atoms with Crippen LogP contribution in [-0.4, -0.2) is 20.6 Å². The summed E-state index contributed by atoms with van der Waals surface area (Å²) in [6.45, 7) is 2.00. The third-order valence-electron chi connectivity index (χ3n) is 1.79. The van der Waals surface area contributed by atoms with E-state index in [-0.39, 0.29) is 10.8 Å². The third-order valence-corrected chi connectivity index (χ3v) is 2.23. The van der Waals surface area contributed by atoms with E-state index < -0.39 is 5.97 Å². The maximum Gasteiger partial charge on any atom is 0.357 e. The molecule has 0 saturated carbocycles. The first-order valence-electron chi connectivity index (χ1n) is 4.02. The highest BCUT2D eigenvalue weighted by Gasteiger charge is 2.17. The van der Waals surface area contributed by atoms with Gasteiger partial charge in [-0.25, -0.2) is 9.78 Å². The minimum Gasteiger partial charge on any atom is -0.476 e. The molecule has 0 aliphatic rings. The van der Waals surface area contributed by atoms with Gasteiger partial charge in [0.1, 0.15) is 11.0 Å². The Morgan fingerprint density at radius 3 is 2.69 bits per heavy atom. The molecule has 1 aromatic heterocycles. The van der Waals surface area contributed by atoms with Crippen molar-refractivity contribution in [3.05, 3.63) is 16.7 Å². The number of aromatic carboxylic acids is 1. The Hall–Kier alpha value is -1.03. The van der Waals surface area contributed by atoms with Crippen molar-refractivity contribution < 1.29 is 9.90 Å². The average Bonchev–Trinajstić information content (AvgIpc) is 2.33. The maximum atomic E-state index is 10.6. The molecular weight excluding hydrogens is 192 g/mol. The summed E-state index contributed by atoms with van der Waals surface area (Å²) in [5.41, 5.74) is -0.0624. The minimum absolute atomic E-state index is 0.0624. The van der Waals surface area contributed by atoms with Gasteiger partial charge in [-0.2, -0.15) is 0 Å². The molecule has 13 heavy (non-hydrogen) atoms. The van der Waals surface area contributed by atoms with E-state index in [1.54, 1.807) is 11.6 Å². The Labute approximate surface area is 81.2 Å². The first-order chi connectivity index (χ1) is 6.07. The van der Waals surface area contributed by atoms with Crippen LogP contribution in [0.15, 0.2) is 0 Å². The SMILES string of the molecule is CCCc1nc(C(=O)O)c(Cl)n1C. The summed E-state index contributed by atoms with van der Waals surface area (Å²) in [4.78, 5) is 14.6. The predicted octanol–water partition coefficient (Wildman–Crippen LogP) is 1.72. The van der Waals surface area contributed by atoms with Crippen LogP contribution in [0.3, 0.4) is 0 Å². The number of imidazole rings is 1. The molecule has 72 valence electrons. The predicted molar refractivity (Wildman–Crippen MR) is 49.2 cm³/mol. The van der Waals surface area contributed by atoms with E-state index in [9.17, 15) is 4.79 Å². The molecule has 0 spiro atoms. The van der Waals surface area contributed by atoms with Crippen molar-refractivity contribution >= 4 is 17.6 Å². The molecule has 0 aliphatic heterocycles. The summed E-state index contributed by atoms with van der Waals surface area (Å²) in [7, 11) is 1.72. The second-order valence-electron chi connectivity index (χ2n) is 2.78. The molecule has 1 heterocycles. The van der Waals surface area contributed by atoms with Crippen molar-refractivity contribution in [2.24, 2.45) is 7.05 Å². The van der Waals surface area contributed by atoms with Gasteiger partial charge in [0, 0.05) is 13.5 Å². The highest BCUT2D eigenvalue weighted by molar-refractivity contribution is 6.32. The summed E-state index contributed by atoms with van der Waals surface area (Å²) in [5, 5.41) is 8.90. The van der Waals surface area contributed by atoms with Gasteiger partial charge in [0.05, 0.1) is 0 Å². The summed E-state index contributed by atoms with van der Waals surface area (Å²) in [6, 6.07) is 0. The molecule has 0 radical (unpaired) electrons. The molecule has 0 atom stereocenters. The van der Waals surface area contributed by atoms with E-state index in [2.05, 4.69) is 4.98 Å². The average molecular weight is 203 g/mol. The summed E-state index contributed by atoms with van der Waals surface area (Å²) in [6.07, 6.45) is 1.66. The van der Waals surface area contributed by atoms with E-state index in [1.807, 2.05) is 6.92 Å². The number of hydrogen-bond donors (Lipinski definition) is 1. The molecule has 0 aromatic carbocycles.